The van der Waals surface area contributed by atoms with E-state index in [1.54, 1.807) is 29.7 Å². The Labute approximate surface area is 182 Å². The minimum Gasteiger partial charge on any atom is -0.360 e. The van der Waals surface area contributed by atoms with E-state index in [-0.39, 0.29) is 5.82 Å². The Balaban J connectivity index is 1.63. The van der Waals surface area contributed by atoms with Gasteiger partial charge in [0.1, 0.15) is 11.6 Å². The maximum atomic E-state index is 9.39. The second-order valence-corrected chi connectivity index (χ2v) is 8.37. The Hall–Kier alpha value is -3.54. The van der Waals surface area contributed by atoms with Gasteiger partial charge in [-0.15, -0.1) is 10.2 Å². The zero-order valence-electron chi connectivity index (χ0n) is 15.7. The molecule has 0 bridgehead atoms. The van der Waals surface area contributed by atoms with E-state index < -0.39 is 0 Å². The molecule has 0 amide bonds. The number of rotatable bonds is 7. The number of nitrogens with zero attached hydrogens (tertiary/aromatic N) is 4. The lowest BCUT2D eigenvalue weighted by Gasteiger charge is -2.10. The molecule has 0 saturated carbocycles. The average molecular weight is 429 g/mol. The topological polar surface area (TPSA) is 90.3 Å². The van der Waals surface area contributed by atoms with Gasteiger partial charge >= 0.3 is 0 Å². The fourth-order valence-electron chi connectivity index (χ4n) is 2.60. The lowest BCUT2D eigenvalue weighted by Crippen LogP contribution is -1.94. The van der Waals surface area contributed by atoms with Gasteiger partial charge < -0.3 is 5.32 Å². The summed E-state index contributed by atoms with van der Waals surface area (Å²) in [5.74, 6) is 0.249. The van der Waals surface area contributed by atoms with Gasteiger partial charge in [-0.1, -0.05) is 59.9 Å². The molecule has 0 atom stereocenters. The lowest BCUT2D eigenvalue weighted by molar-refractivity contribution is 0.881. The van der Waals surface area contributed by atoms with Gasteiger partial charge in [0.2, 0.25) is 5.82 Å². The summed E-state index contributed by atoms with van der Waals surface area (Å²) in [6, 6.07) is 28.8. The molecule has 1 heterocycles. The van der Waals surface area contributed by atoms with E-state index in [0.29, 0.717) is 5.57 Å². The van der Waals surface area contributed by atoms with Gasteiger partial charge in [-0.2, -0.15) is 10.5 Å². The van der Waals surface area contributed by atoms with Crippen LogP contribution in [0.1, 0.15) is 5.82 Å². The average Bonchev–Trinajstić information content (AvgIpc) is 3.30. The molecule has 0 spiro atoms. The van der Waals surface area contributed by atoms with Crippen molar-refractivity contribution in [3.63, 3.8) is 0 Å². The van der Waals surface area contributed by atoms with Gasteiger partial charge in [0.05, 0.1) is 0 Å². The van der Waals surface area contributed by atoms with Crippen molar-refractivity contribution in [1.29, 1.82) is 5.26 Å². The van der Waals surface area contributed by atoms with Crippen molar-refractivity contribution in [2.24, 2.45) is 0 Å². The molecule has 4 aromatic rings. The molecule has 0 saturated heterocycles. The minimum absolute atomic E-state index is 0.249. The molecule has 4 rings (SSSR count). The van der Waals surface area contributed by atoms with E-state index in [4.69, 9.17) is 0 Å². The first-order chi connectivity index (χ1) is 14.8. The molecule has 30 heavy (non-hydrogen) atoms. The van der Waals surface area contributed by atoms with Gasteiger partial charge in [-0.25, -0.2) is 0 Å². The van der Waals surface area contributed by atoms with Crippen LogP contribution in [0.25, 0.3) is 5.57 Å². The molecule has 8 heteroatoms. The van der Waals surface area contributed by atoms with Crippen LogP contribution in [-0.4, -0.2) is 20.6 Å². The van der Waals surface area contributed by atoms with Gasteiger partial charge in [0.25, 0.3) is 0 Å². The number of hydrogen-bond acceptors (Lipinski definition) is 7. The van der Waals surface area contributed by atoms with E-state index in [1.807, 2.05) is 36.4 Å². The first-order valence-electron chi connectivity index (χ1n) is 9.02. The van der Waals surface area contributed by atoms with Crippen LogP contribution >= 0.6 is 23.5 Å². The quantitative estimate of drug-likeness (QED) is 0.377. The standard InChI is InChI=1S/C22H16N6S2/c23-14-16(22-25-27-28-26-22)15-24-17-11-20(29-18-7-3-1-4-8-18)13-21(12-17)30-19-9-5-2-6-10-19/h1-13,15,24H,(H,25,26,27,28). The zero-order valence-corrected chi connectivity index (χ0v) is 17.3. The van der Waals surface area contributed by atoms with Crippen LogP contribution in [0.15, 0.2) is 105 Å². The Morgan fingerprint density at radius 3 is 1.97 bits per heavy atom. The molecule has 0 fully saturated rings. The van der Waals surface area contributed by atoms with Crippen LogP contribution < -0.4 is 5.32 Å². The molecule has 0 aliphatic carbocycles. The molecule has 3 aromatic carbocycles. The first-order valence-corrected chi connectivity index (χ1v) is 10.6. The van der Waals surface area contributed by atoms with E-state index in [9.17, 15) is 5.26 Å². The normalized spacial score (nSPS) is 11.1. The summed E-state index contributed by atoms with van der Waals surface area (Å²) in [7, 11) is 0. The van der Waals surface area contributed by atoms with Crippen molar-refractivity contribution < 1.29 is 0 Å². The predicted octanol–water partition coefficient (Wildman–Crippen LogP) is 5.48. The summed E-state index contributed by atoms with van der Waals surface area (Å²) < 4.78 is 0. The molecular formula is C22H16N6S2. The number of nitriles is 1. The van der Waals surface area contributed by atoms with Gasteiger partial charge in [0.15, 0.2) is 0 Å². The minimum atomic E-state index is 0.249. The van der Waals surface area contributed by atoms with Crippen LogP contribution in [0.3, 0.4) is 0 Å². The summed E-state index contributed by atoms with van der Waals surface area (Å²) >= 11 is 3.37. The third-order valence-corrected chi connectivity index (χ3v) is 5.89. The Bertz CT molecular complexity index is 1110. The number of hydrogen-bond donors (Lipinski definition) is 2. The van der Waals surface area contributed by atoms with Crippen LogP contribution in [0, 0.1) is 11.3 Å². The van der Waals surface area contributed by atoms with Gasteiger partial charge in [-0.3, -0.25) is 0 Å². The molecule has 0 aliphatic heterocycles. The number of tetrazole rings is 1. The van der Waals surface area contributed by atoms with Crippen LogP contribution in [0.4, 0.5) is 5.69 Å². The van der Waals surface area contributed by atoms with E-state index in [1.165, 1.54) is 0 Å². The number of aromatic nitrogens is 4. The Morgan fingerprint density at radius 2 is 1.47 bits per heavy atom. The predicted molar refractivity (Wildman–Crippen MR) is 119 cm³/mol. The Kier molecular flexibility index (Phi) is 6.44. The van der Waals surface area contributed by atoms with Gasteiger partial charge in [0, 0.05) is 31.5 Å². The van der Waals surface area contributed by atoms with Crippen LogP contribution in [-0.2, 0) is 0 Å². The summed E-state index contributed by atoms with van der Waals surface area (Å²) in [4.78, 5) is 4.50. The maximum absolute atomic E-state index is 9.39. The van der Waals surface area contributed by atoms with Crippen molar-refractivity contribution >= 4 is 34.8 Å². The second-order valence-electron chi connectivity index (χ2n) is 6.07. The van der Waals surface area contributed by atoms with E-state index >= 15 is 0 Å². The van der Waals surface area contributed by atoms with Crippen LogP contribution in [0.5, 0.6) is 0 Å². The second kappa shape index (κ2) is 9.78. The summed E-state index contributed by atoms with van der Waals surface area (Å²) in [6.07, 6.45) is 1.59. The monoisotopic (exact) mass is 428 g/mol. The molecule has 146 valence electrons. The van der Waals surface area contributed by atoms with E-state index in [2.05, 4.69) is 74.5 Å². The Morgan fingerprint density at radius 1 is 0.867 bits per heavy atom. The number of allylic oxidation sites excluding steroid dienone is 1. The molecule has 0 aliphatic rings. The summed E-state index contributed by atoms with van der Waals surface area (Å²) in [6.45, 7) is 0. The molecule has 0 radical (unpaired) electrons. The fourth-order valence-corrected chi connectivity index (χ4v) is 4.55. The summed E-state index contributed by atoms with van der Waals surface area (Å²) in [5, 5.41) is 26.2. The molecule has 1 aromatic heterocycles. The largest absolute Gasteiger partial charge is 0.360 e. The lowest BCUT2D eigenvalue weighted by atomic mass is 10.3. The third-order valence-electron chi connectivity index (χ3n) is 3.93. The van der Waals surface area contributed by atoms with E-state index in [0.717, 1.165) is 25.3 Å². The highest BCUT2D eigenvalue weighted by atomic mass is 32.2. The highest BCUT2D eigenvalue weighted by Gasteiger charge is 2.08. The number of anilines is 1. The molecule has 6 nitrogen and oxygen atoms in total. The fraction of sp³-hybridized carbons (Fsp3) is 0. The van der Waals surface area contributed by atoms with Crippen molar-refractivity contribution in [3.05, 3.63) is 90.9 Å². The van der Waals surface area contributed by atoms with Crippen molar-refractivity contribution in [2.75, 3.05) is 5.32 Å². The van der Waals surface area contributed by atoms with Crippen LogP contribution in [0.2, 0.25) is 0 Å². The first kappa shape index (κ1) is 19.8. The maximum Gasteiger partial charge on any atom is 0.216 e. The highest BCUT2D eigenvalue weighted by molar-refractivity contribution is 8.00. The molecule has 2 N–H and O–H groups in total. The SMILES string of the molecule is N#CC(=CNc1cc(Sc2ccccc2)cc(Sc2ccccc2)c1)c1nn[nH]n1. The van der Waals surface area contributed by atoms with Gasteiger partial charge in [-0.05, 0) is 47.7 Å². The zero-order chi connectivity index (χ0) is 20.6. The smallest absolute Gasteiger partial charge is 0.216 e. The number of nitrogens with one attached hydrogen (secondary N) is 2. The molecular weight excluding hydrogens is 412 g/mol. The van der Waals surface area contributed by atoms with Crippen molar-refractivity contribution in [1.82, 2.24) is 20.6 Å². The third kappa shape index (κ3) is 5.29. The van der Waals surface area contributed by atoms with Crippen molar-refractivity contribution in [2.45, 2.75) is 19.6 Å². The van der Waals surface area contributed by atoms with Crippen molar-refractivity contribution in [3.8, 4) is 6.07 Å². The molecule has 0 unspecified atom stereocenters. The highest BCUT2D eigenvalue weighted by Crippen LogP contribution is 2.36. The number of aromatic amines is 1. The summed E-state index contributed by atoms with van der Waals surface area (Å²) in [5.41, 5.74) is 1.16. The number of benzene rings is 3. The number of H-pyrrole nitrogens is 1.